The molecule has 8 heterocycles. The molecule has 0 radical (unpaired) electrons. The van der Waals surface area contributed by atoms with E-state index in [4.69, 9.17) is 39.7 Å². The molecule has 19 atom stereocenters. The van der Waals surface area contributed by atoms with Crippen LogP contribution < -0.4 is 0 Å². The van der Waals surface area contributed by atoms with Crippen LogP contribution in [-0.2, 0) is 57.4 Å². The first-order valence-electron chi connectivity index (χ1n) is 39.7. The number of amides is 10. The number of nitrogens with zero attached hydrogens (tertiary/aromatic N) is 8. The van der Waals surface area contributed by atoms with Crippen LogP contribution in [0.5, 0.6) is 0 Å². The summed E-state index contributed by atoms with van der Waals surface area (Å²) < 4.78 is 67.2. The SMILES string of the molecule is CC(=O)OC1C(C)C(C)C(C)C(C)C1F.CC(F)CN1C(=O)CC2(CCN(C)CC2)C1=O.CCN1C(=O)CC2(CCN(C(=O)OC3C(O)C(O)C(O)C(O)C3O)CC2)C1=O.CCN1C(=O)CC2(CCN(C(=O)OC3C(O)C(O)C(O)C(O)C3O)CC2)C1=O.CN1CCC2(CC1)CC(=O)N(CCF)C2=O.OC1C(O)C(O)C(F)C(O)C1O. The molecular weight excluding hydrogens is 1550 g/mol. The predicted octanol–water partition coefficient (Wildman–Crippen LogP) is -4.46. The Balaban J connectivity index is 0.000000198. The maximum atomic E-state index is 14.0. The molecule has 12 fully saturated rings. The van der Waals surface area contributed by atoms with Crippen molar-refractivity contribution in [3.8, 4) is 0 Å². The van der Waals surface area contributed by atoms with Gasteiger partial charge in [0.15, 0.2) is 18.4 Å². The lowest BCUT2D eigenvalue weighted by Crippen LogP contribution is -2.65. The fraction of sp³-hybridized carbons (Fsp3) is 0.853. The summed E-state index contributed by atoms with van der Waals surface area (Å²) in [5.41, 5.74) is -2.67. The number of rotatable bonds is 9. The van der Waals surface area contributed by atoms with Gasteiger partial charge in [-0.15, -0.1) is 0 Å². The minimum atomic E-state index is -2.14. The summed E-state index contributed by atoms with van der Waals surface area (Å²) in [6, 6.07) is 0. The number of imide groups is 4. The second kappa shape index (κ2) is 39.9. The van der Waals surface area contributed by atoms with Crippen molar-refractivity contribution in [2.75, 3.05) is 99.3 Å². The van der Waals surface area contributed by atoms with Crippen LogP contribution in [0.2, 0.25) is 0 Å². The molecule has 0 aromatic rings. The van der Waals surface area contributed by atoms with Crippen LogP contribution in [0.4, 0.5) is 27.2 Å². The van der Waals surface area contributed by atoms with E-state index in [0.29, 0.717) is 37.8 Å². The summed E-state index contributed by atoms with van der Waals surface area (Å²) in [6.45, 7) is 17.9. The fourth-order valence-corrected chi connectivity index (χ4v) is 17.5. The van der Waals surface area contributed by atoms with E-state index >= 15 is 0 Å². The monoisotopic (exact) mass is 1670 g/mol. The Labute approximate surface area is 668 Å². The van der Waals surface area contributed by atoms with Gasteiger partial charge in [-0.25, -0.2) is 27.2 Å². The molecule has 0 aromatic carbocycles. The lowest BCUT2D eigenvalue weighted by molar-refractivity contribution is -0.224. The lowest BCUT2D eigenvalue weighted by Gasteiger charge is -2.43. The quantitative estimate of drug-likeness (QED) is 0.0448. The molecule has 4 saturated carbocycles. The van der Waals surface area contributed by atoms with Crippen LogP contribution in [-0.4, -0.2) is 409 Å². The minimum absolute atomic E-state index is 0.0412. The van der Waals surface area contributed by atoms with Gasteiger partial charge in [-0.3, -0.25) is 62.8 Å². The van der Waals surface area contributed by atoms with Gasteiger partial charge >= 0.3 is 18.2 Å². The molecule has 8 aliphatic heterocycles. The number of carbonyl (C=O) groups excluding carboxylic acids is 11. The van der Waals surface area contributed by atoms with Gasteiger partial charge < -0.3 is 110 Å². The van der Waals surface area contributed by atoms with Crippen molar-refractivity contribution >= 4 is 65.4 Å². The highest BCUT2D eigenvalue weighted by Gasteiger charge is 2.59. The smallest absolute Gasteiger partial charge is 0.410 e. The predicted molar refractivity (Wildman–Crippen MR) is 391 cm³/mol. The Bertz CT molecular complexity index is 3220. The zero-order valence-corrected chi connectivity index (χ0v) is 67.1. The molecule has 12 aliphatic rings. The number of carbonyl (C=O) groups is 11. The molecule has 4 spiro atoms. The zero-order chi connectivity index (χ0) is 87.2. The van der Waals surface area contributed by atoms with E-state index in [1.165, 1.54) is 33.4 Å². The Kier molecular flexibility index (Phi) is 33.2. The molecule has 12 rings (SSSR count). The summed E-state index contributed by atoms with van der Waals surface area (Å²) in [6.07, 6.45) is -32.0. The van der Waals surface area contributed by atoms with Gasteiger partial charge in [-0.2, -0.15) is 0 Å². The highest BCUT2D eigenvalue weighted by atomic mass is 19.1. The van der Waals surface area contributed by atoms with Gasteiger partial charge in [-0.1, -0.05) is 27.7 Å². The summed E-state index contributed by atoms with van der Waals surface area (Å²) in [5.74, 6) is -1.23. The molecule has 37 nitrogen and oxygen atoms in total. The van der Waals surface area contributed by atoms with Crippen LogP contribution >= 0.6 is 0 Å². The topological polar surface area (TPSA) is 545 Å². The van der Waals surface area contributed by atoms with E-state index in [1.807, 2.05) is 27.9 Å². The largest absolute Gasteiger partial charge is 0.459 e. The molecule has 662 valence electrons. The molecule has 0 bridgehead atoms. The van der Waals surface area contributed by atoms with Crippen LogP contribution in [0.1, 0.15) is 132 Å². The zero-order valence-electron chi connectivity index (χ0n) is 67.1. The van der Waals surface area contributed by atoms with E-state index < -0.39 is 169 Å². The third-order valence-electron chi connectivity index (χ3n) is 26.0. The van der Waals surface area contributed by atoms with E-state index in [0.717, 1.165) is 48.8 Å². The minimum Gasteiger partial charge on any atom is -0.459 e. The highest BCUT2D eigenvalue weighted by Crippen LogP contribution is 2.47. The second-order valence-electron chi connectivity index (χ2n) is 33.4. The van der Waals surface area contributed by atoms with E-state index in [-0.39, 0.29) is 156 Å². The van der Waals surface area contributed by atoms with Crippen molar-refractivity contribution in [3.63, 3.8) is 0 Å². The third-order valence-corrected chi connectivity index (χ3v) is 26.0. The van der Waals surface area contributed by atoms with Crippen LogP contribution in [0.15, 0.2) is 0 Å². The number of hydrogen-bond donors (Lipinski definition) is 15. The first kappa shape index (κ1) is 96.7. The molecule has 8 saturated heterocycles. The average Bonchev–Trinajstić information content (AvgIpc) is 1.60. The standard InChI is InChI=1S/2C17H26N2O9.C12H19FN2O2.C12H21FO2.C11H17FN2O2.C6H11FO5/c2*1-2-19-8(20)7-17(15(19)26)3-5-18(6-4-17)16(27)28-14-12(24)10(22)9(21)11(23)13(14)25;1-9(13)8-15-10(16)7-12(11(15)17)3-5-14(2)6-4-12;1-6-7(2)9(4)12(15-10(5)14)11(13)8(6)3;1-13-5-2-11(3-6-13)8-9(15)14(7-4-12)10(11)16;7-1-2(8)4(10)6(12)5(11)3(1)9/h2*9-14,21-25H,2-7H2,1H3;9H,3-8H2,1-2H3;6-9,11-12H,1-5H3;2-8H2,1H3;1-6,8-12H. The molecule has 116 heavy (non-hydrogen) atoms. The molecule has 0 aromatic heterocycles. The van der Waals surface area contributed by atoms with Gasteiger partial charge in [0.2, 0.25) is 47.3 Å². The number of aliphatic hydroxyl groups is 15. The number of esters is 1. The third kappa shape index (κ3) is 20.4. The van der Waals surface area contributed by atoms with Crippen molar-refractivity contribution < 1.29 is 161 Å². The Hall–Kier alpha value is -6.39. The lowest BCUT2D eigenvalue weighted by atomic mass is 9.67. The van der Waals surface area contributed by atoms with E-state index in [9.17, 15) is 121 Å². The van der Waals surface area contributed by atoms with E-state index in [1.54, 1.807) is 13.8 Å². The van der Waals surface area contributed by atoms with Crippen LogP contribution in [0.3, 0.4) is 0 Å². The van der Waals surface area contributed by atoms with Gasteiger partial charge in [0.25, 0.3) is 0 Å². The average molecular weight is 1670 g/mol. The van der Waals surface area contributed by atoms with Crippen molar-refractivity contribution in [1.29, 1.82) is 0 Å². The van der Waals surface area contributed by atoms with Crippen LogP contribution in [0.25, 0.3) is 0 Å². The summed E-state index contributed by atoms with van der Waals surface area (Å²) in [5, 5.41) is 142. The Morgan fingerprint density at radius 2 is 0.655 bits per heavy atom. The summed E-state index contributed by atoms with van der Waals surface area (Å²) >= 11 is 0. The first-order valence-corrected chi connectivity index (χ1v) is 39.7. The normalized spacial score (nSPS) is 37.7. The molecule has 15 N–H and O–H groups in total. The summed E-state index contributed by atoms with van der Waals surface area (Å²) in [7, 11) is 4.02. The molecule has 41 heteroatoms. The molecule has 10 amide bonds. The van der Waals surface area contributed by atoms with E-state index in [2.05, 4.69) is 23.6 Å². The van der Waals surface area contributed by atoms with Crippen molar-refractivity contribution in [1.82, 2.24) is 39.2 Å². The summed E-state index contributed by atoms with van der Waals surface area (Å²) in [4.78, 5) is 144. The molecular formula is C75H120F4N8O29. The van der Waals surface area contributed by atoms with Gasteiger partial charge in [0.1, 0.15) is 117 Å². The van der Waals surface area contributed by atoms with Crippen molar-refractivity contribution in [2.45, 2.75) is 261 Å². The number of hydrogen-bond acceptors (Lipinski definition) is 31. The second-order valence-corrected chi connectivity index (χ2v) is 33.4. The van der Waals surface area contributed by atoms with Crippen LogP contribution in [0, 0.1) is 45.3 Å². The number of aliphatic hydroxyl groups excluding tert-OH is 15. The molecule has 4 aliphatic carbocycles. The van der Waals surface area contributed by atoms with Crippen molar-refractivity contribution in [3.05, 3.63) is 0 Å². The maximum Gasteiger partial charge on any atom is 0.410 e. The van der Waals surface area contributed by atoms with Gasteiger partial charge in [0, 0.05) is 71.9 Å². The highest BCUT2D eigenvalue weighted by molar-refractivity contribution is 6.08. The number of halogens is 4. The number of ether oxygens (including phenoxy) is 3. The first-order chi connectivity index (χ1) is 54.1. The fourth-order valence-electron chi connectivity index (χ4n) is 17.5. The Morgan fingerprint density at radius 3 is 0.948 bits per heavy atom. The number of piperidine rings is 4. The number of alkyl halides is 4. The molecule has 19 unspecified atom stereocenters. The number of likely N-dealkylation sites (tertiary alicyclic amines) is 8. The van der Waals surface area contributed by atoms with Crippen molar-refractivity contribution in [2.24, 2.45) is 45.3 Å². The van der Waals surface area contributed by atoms with Gasteiger partial charge in [0.05, 0.1) is 34.7 Å². The van der Waals surface area contributed by atoms with Gasteiger partial charge in [-0.05, 0) is 136 Å². The maximum absolute atomic E-state index is 14.0. The Morgan fingerprint density at radius 1 is 0.388 bits per heavy atom.